The fourth-order valence-electron chi connectivity index (χ4n) is 1.05. The van der Waals surface area contributed by atoms with E-state index in [1.807, 2.05) is 0 Å². The molecule has 1 aromatic rings. The zero-order valence-electron chi connectivity index (χ0n) is 9.32. The van der Waals surface area contributed by atoms with Crippen molar-refractivity contribution in [2.24, 2.45) is 0 Å². The normalized spacial score (nSPS) is 12.7. The number of benzene rings is 1. The smallest absolute Gasteiger partial charge is 0.446 e. The van der Waals surface area contributed by atoms with Crippen molar-refractivity contribution in [3.63, 3.8) is 0 Å². The average Bonchev–Trinajstić information content (AvgIpc) is 2.28. The first-order chi connectivity index (χ1) is 8.30. The van der Waals surface area contributed by atoms with Crippen LogP contribution >= 0.6 is 0 Å². The minimum atomic E-state index is -5.11. The highest BCUT2D eigenvalue weighted by molar-refractivity contribution is 5.95. The van der Waals surface area contributed by atoms with Crippen molar-refractivity contribution in [2.45, 2.75) is 19.2 Å². The Morgan fingerprint density at radius 1 is 1.22 bits per heavy atom. The lowest BCUT2D eigenvalue weighted by Gasteiger charge is -2.14. The molecule has 18 heavy (non-hydrogen) atoms. The van der Waals surface area contributed by atoms with Crippen molar-refractivity contribution >= 4 is 17.6 Å². The second kappa shape index (κ2) is 5.52. The molecular weight excluding hydrogens is 251 g/mol. The number of amides is 1. The van der Waals surface area contributed by atoms with Crippen LogP contribution in [0.4, 0.5) is 18.9 Å². The molecule has 0 heterocycles. The summed E-state index contributed by atoms with van der Waals surface area (Å²) in [6.07, 6.45) is -6.64. The third-order valence-corrected chi connectivity index (χ3v) is 1.93. The first-order valence-corrected chi connectivity index (χ1v) is 4.94. The third-order valence-electron chi connectivity index (χ3n) is 1.93. The lowest BCUT2D eigenvalue weighted by Crippen LogP contribution is -2.35. The Labute approximate surface area is 101 Å². The van der Waals surface area contributed by atoms with Crippen molar-refractivity contribution in [1.29, 1.82) is 0 Å². The Morgan fingerprint density at radius 2 is 1.78 bits per heavy atom. The third kappa shape index (κ3) is 4.08. The second-order valence-corrected chi connectivity index (χ2v) is 3.40. The van der Waals surface area contributed by atoms with E-state index >= 15 is 0 Å². The van der Waals surface area contributed by atoms with Crippen LogP contribution in [0.1, 0.15) is 6.92 Å². The summed E-state index contributed by atoms with van der Waals surface area (Å²) in [6, 6.07) is 8.10. The summed E-state index contributed by atoms with van der Waals surface area (Å²) in [5.41, 5.74) is 0.400. The summed E-state index contributed by atoms with van der Waals surface area (Å²) in [5.74, 6) is -3.22. The number of nitrogens with one attached hydrogen (secondary N) is 1. The maximum atomic E-state index is 11.9. The molecule has 7 heteroatoms. The van der Waals surface area contributed by atoms with Gasteiger partial charge in [0.2, 0.25) is 0 Å². The van der Waals surface area contributed by atoms with E-state index in [4.69, 9.17) is 0 Å². The van der Waals surface area contributed by atoms with Gasteiger partial charge in [0, 0.05) is 5.69 Å². The first-order valence-electron chi connectivity index (χ1n) is 4.94. The first kappa shape index (κ1) is 14.0. The van der Waals surface area contributed by atoms with Crippen LogP contribution in [-0.4, -0.2) is 24.2 Å². The van der Waals surface area contributed by atoms with Crippen LogP contribution in [0.25, 0.3) is 0 Å². The van der Waals surface area contributed by atoms with E-state index in [1.54, 1.807) is 30.3 Å². The average molecular weight is 261 g/mol. The minimum Gasteiger partial charge on any atom is -0.446 e. The van der Waals surface area contributed by atoms with Gasteiger partial charge >= 0.3 is 12.1 Å². The number of para-hydroxylation sites is 1. The maximum Gasteiger partial charge on any atom is 0.490 e. The summed E-state index contributed by atoms with van der Waals surface area (Å²) < 4.78 is 39.7. The second-order valence-electron chi connectivity index (χ2n) is 3.40. The molecule has 0 fully saturated rings. The van der Waals surface area contributed by atoms with E-state index in [2.05, 4.69) is 10.1 Å². The molecule has 1 amide bonds. The monoisotopic (exact) mass is 261 g/mol. The Morgan fingerprint density at radius 3 is 2.28 bits per heavy atom. The Balaban J connectivity index is 2.55. The van der Waals surface area contributed by atoms with Crippen LogP contribution in [0.2, 0.25) is 0 Å². The standard InChI is InChI=1S/C11H10F3NO3/c1-7(18-10(17)11(12,13)14)9(16)15-8-5-3-2-4-6-8/h2-7H,1H3,(H,15,16). The SMILES string of the molecule is CC(OC(=O)C(F)(F)F)C(=O)Nc1ccccc1. The van der Waals surface area contributed by atoms with Crippen LogP contribution in [-0.2, 0) is 14.3 Å². The molecule has 0 aromatic heterocycles. The zero-order chi connectivity index (χ0) is 13.8. The van der Waals surface area contributed by atoms with Crippen molar-refractivity contribution in [3.8, 4) is 0 Å². The van der Waals surface area contributed by atoms with E-state index in [1.165, 1.54) is 0 Å². The lowest BCUT2D eigenvalue weighted by molar-refractivity contribution is -0.204. The number of anilines is 1. The number of ether oxygens (including phenoxy) is 1. The van der Waals surface area contributed by atoms with Crippen LogP contribution in [0.15, 0.2) is 30.3 Å². The molecule has 0 spiro atoms. The maximum absolute atomic E-state index is 11.9. The molecule has 0 aliphatic heterocycles. The molecule has 1 aromatic carbocycles. The van der Waals surface area contributed by atoms with Crippen LogP contribution in [0, 0.1) is 0 Å². The molecule has 1 atom stereocenters. The van der Waals surface area contributed by atoms with Gasteiger partial charge in [-0.2, -0.15) is 13.2 Å². The fraction of sp³-hybridized carbons (Fsp3) is 0.273. The predicted molar refractivity (Wildman–Crippen MR) is 56.7 cm³/mol. The number of hydrogen-bond donors (Lipinski definition) is 1. The van der Waals surface area contributed by atoms with Gasteiger partial charge in [-0.3, -0.25) is 4.79 Å². The lowest BCUT2D eigenvalue weighted by atomic mass is 10.3. The number of halogens is 3. The van der Waals surface area contributed by atoms with Crippen molar-refractivity contribution in [2.75, 3.05) is 5.32 Å². The van der Waals surface area contributed by atoms with E-state index in [0.717, 1.165) is 6.92 Å². The quantitative estimate of drug-likeness (QED) is 0.848. The van der Waals surface area contributed by atoms with E-state index < -0.39 is 24.2 Å². The summed E-state index contributed by atoms with van der Waals surface area (Å²) in [6.45, 7) is 1.06. The predicted octanol–water partition coefficient (Wildman–Crippen LogP) is 2.12. The molecule has 1 unspecified atom stereocenters. The summed E-state index contributed by atoms with van der Waals surface area (Å²) in [7, 11) is 0. The van der Waals surface area contributed by atoms with Gasteiger partial charge in [0.1, 0.15) is 0 Å². The Kier molecular flexibility index (Phi) is 4.30. The Bertz CT molecular complexity index is 431. The molecule has 0 bridgehead atoms. The summed E-state index contributed by atoms with van der Waals surface area (Å²) >= 11 is 0. The number of rotatable bonds is 3. The summed E-state index contributed by atoms with van der Waals surface area (Å²) in [4.78, 5) is 21.9. The highest BCUT2D eigenvalue weighted by Gasteiger charge is 2.42. The molecule has 4 nitrogen and oxygen atoms in total. The molecule has 0 saturated heterocycles. The van der Waals surface area contributed by atoms with Crippen molar-refractivity contribution in [1.82, 2.24) is 0 Å². The van der Waals surface area contributed by atoms with Crippen molar-refractivity contribution < 1.29 is 27.5 Å². The van der Waals surface area contributed by atoms with Gasteiger partial charge in [0.25, 0.3) is 5.91 Å². The fourth-order valence-corrected chi connectivity index (χ4v) is 1.05. The molecule has 0 saturated carbocycles. The number of alkyl halides is 3. The molecule has 1 N–H and O–H groups in total. The number of carbonyl (C=O) groups excluding carboxylic acids is 2. The topological polar surface area (TPSA) is 55.4 Å². The zero-order valence-corrected chi connectivity index (χ0v) is 9.32. The highest BCUT2D eigenvalue weighted by Crippen LogP contribution is 2.17. The number of carbonyl (C=O) groups is 2. The van der Waals surface area contributed by atoms with Gasteiger partial charge in [0.15, 0.2) is 6.10 Å². The summed E-state index contributed by atoms with van der Waals surface area (Å²) in [5, 5.41) is 2.31. The van der Waals surface area contributed by atoms with E-state index in [0.29, 0.717) is 5.69 Å². The number of hydrogen-bond acceptors (Lipinski definition) is 3. The number of esters is 1. The van der Waals surface area contributed by atoms with Gasteiger partial charge in [-0.15, -0.1) is 0 Å². The largest absolute Gasteiger partial charge is 0.490 e. The van der Waals surface area contributed by atoms with Gasteiger partial charge in [-0.25, -0.2) is 4.79 Å². The van der Waals surface area contributed by atoms with Gasteiger partial charge in [-0.1, -0.05) is 18.2 Å². The van der Waals surface area contributed by atoms with E-state index in [9.17, 15) is 22.8 Å². The molecule has 1 rings (SSSR count). The molecular formula is C11H10F3NO3. The molecule has 0 aliphatic carbocycles. The van der Waals surface area contributed by atoms with Crippen LogP contribution < -0.4 is 5.32 Å². The van der Waals surface area contributed by atoms with Gasteiger partial charge in [-0.05, 0) is 19.1 Å². The van der Waals surface area contributed by atoms with Crippen LogP contribution in [0.3, 0.4) is 0 Å². The molecule has 0 aliphatic rings. The highest BCUT2D eigenvalue weighted by atomic mass is 19.4. The van der Waals surface area contributed by atoms with Crippen molar-refractivity contribution in [3.05, 3.63) is 30.3 Å². The Hall–Kier alpha value is -2.05. The molecule has 0 radical (unpaired) electrons. The van der Waals surface area contributed by atoms with E-state index in [-0.39, 0.29) is 0 Å². The van der Waals surface area contributed by atoms with Gasteiger partial charge < -0.3 is 10.1 Å². The minimum absolute atomic E-state index is 0.400. The van der Waals surface area contributed by atoms with Gasteiger partial charge in [0.05, 0.1) is 0 Å². The van der Waals surface area contributed by atoms with Crippen LogP contribution in [0.5, 0.6) is 0 Å². The molecule has 98 valence electrons.